The van der Waals surface area contributed by atoms with Crippen molar-refractivity contribution in [2.24, 2.45) is 0 Å². The second-order valence-corrected chi connectivity index (χ2v) is 7.80. The summed E-state index contributed by atoms with van der Waals surface area (Å²) in [5, 5.41) is 3.64. The Morgan fingerprint density at radius 3 is 2.75 bits per heavy atom. The second-order valence-electron chi connectivity index (χ2n) is 7.80. The van der Waals surface area contributed by atoms with Crippen molar-refractivity contribution < 1.29 is 14.0 Å². The first-order valence-corrected chi connectivity index (χ1v) is 10.5. The van der Waals surface area contributed by atoms with Crippen molar-refractivity contribution in [1.82, 2.24) is 19.4 Å². The minimum Gasteiger partial charge on any atom is -0.408 e. The van der Waals surface area contributed by atoms with Gasteiger partial charge in [-0.2, -0.15) is 0 Å². The Morgan fingerprint density at radius 2 is 1.91 bits per heavy atom. The number of aromatic nitrogens is 3. The third-order valence-corrected chi connectivity index (χ3v) is 5.65. The number of benzene rings is 1. The van der Waals surface area contributed by atoms with Gasteiger partial charge in [0.1, 0.15) is 12.2 Å². The van der Waals surface area contributed by atoms with Gasteiger partial charge in [-0.15, -0.1) is 0 Å². The molecule has 1 aliphatic heterocycles. The topological polar surface area (TPSA) is 110 Å². The minimum atomic E-state index is -0.598. The number of nitrogens with one attached hydrogen (secondary N) is 1. The molecule has 0 saturated carbocycles. The maximum absolute atomic E-state index is 12.7. The summed E-state index contributed by atoms with van der Waals surface area (Å²) in [6.07, 6.45) is 6.37. The van der Waals surface area contributed by atoms with E-state index in [1.54, 1.807) is 53.7 Å². The molecule has 0 aliphatic carbocycles. The summed E-state index contributed by atoms with van der Waals surface area (Å²) in [6, 6.07) is 10.0. The average molecular weight is 431 g/mol. The van der Waals surface area contributed by atoms with Crippen molar-refractivity contribution in [2.45, 2.75) is 25.8 Å². The van der Waals surface area contributed by atoms with Gasteiger partial charge in [-0.25, -0.2) is 9.78 Å². The van der Waals surface area contributed by atoms with E-state index in [1.807, 2.05) is 0 Å². The van der Waals surface area contributed by atoms with Crippen LogP contribution in [0.25, 0.3) is 22.0 Å². The molecule has 4 aromatic rings. The van der Waals surface area contributed by atoms with Gasteiger partial charge < -0.3 is 14.6 Å². The molecular weight excluding hydrogens is 410 g/mol. The molecule has 0 atom stereocenters. The van der Waals surface area contributed by atoms with Gasteiger partial charge in [0.25, 0.3) is 5.91 Å². The van der Waals surface area contributed by atoms with Crippen LogP contribution in [0.15, 0.2) is 58.0 Å². The van der Waals surface area contributed by atoms with Gasteiger partial charge >= 0.3 is 5.76 Å². The second kappa shape index (κ2) is 8.26. The van der Waals surface area contributed by atoms with Crippen LogP contribution >= 0.6 is 0 Å². The van der Waals surface area contributed by atoms with E-state index >= 15 is 0 Å². The normalized spacial score (nSPS) is 14.1. The zero-order chi connectivity index (χ0) is 22.1. The van der Waals surface area contributed by atoms with Crippen molar-refractivity contribution in [3.63, 3.8) is 0 Å². The lowest BCUT2D eigenvalue weighted by Gasteiger charge is -2.26. The highest BCUT2D eigenvalue weighted by Crippen LogP contribution is 2.20. The highest BCUT2D eigenvalue weighted by Gasteiger charge is 2.20. The van der Waals surface area contributed by atoms with Crippen LogP contribution in [0.3, 0.4) is 0 Å². The number of hydrogen-bond acceptors (Lipinski definition) is 6. The van der Waals surface area contributed by atoms with Gasteiger partial charge in [0, 0.05) is 36.6 Å². The van der Waals surface area contributed by atoms with Gasteiger partial charge in [0.15, 0.2) is 5.58 Å². The molecule has 2 amide bonds. The standard InChI is InChI=1S/C23H21N5O4/c29-21(27-10-2-1-3-11-27)14-28-19-12-16(5-7-20(19)32-23(28)31)25-22(30)18-6-4-15-13-24-9-8-17(15)26-18/h4-9,12-13H,1-3,10-11,14H2,(H,25,30). The Bertz CT molecular complexity index is 1380. The van der Waals surface area contributed by atoms with Crippen molar-refractivity contribution in [1.29, 1.82) is 0 Å². The summed E-state index contributed by atoms with van der Waals surface area (Å²) in [4.78, 5) is 47.9. The number of pyridine rings is 2. The Balaban J connectivity index is 1.39. The maximum Gasteiger partial charge on any atom is 0.420 e. The van der Waals surface area contributed by atoms with Crippen molar-refractivity contribution in [3.8, 4) is 0 Å². The average Bonchev–Trinajstić information content (AvgIpc) is 3.13. The molecule has 9 nitrogen and oxygen atoms in total. The van der Waals surface area contributed by atoms with Gasteiger partial charge in [-0.05, 0) is 55.7 Å². The molecule has 0 radical (unpaired) electrons. The Labute approximate surface area is 182 Å². The molecule has 1 aromatic carbocycles. The summed E-state index contributed by atoms with van der Waals surface area (Å²) >= 11 is 0. The van der Waals surface area contributed by atoms with Gasteiger partial charge in [0.05, 0.1) is 11.0 Å². The molecule has 1 saturated heterocycles. The third kappa shape index (κ3) is 3.84. The predicted molar refractivity (Wildman–Crippen MR) is 118 cm³/mol. The molecule has 0 spiro atoms. The molecular formula is C23H21N5O4. The molecule has 5 rings (SSSR count). The lowest BCUT2D eigenvalue weighted by atomic mass is 10.1. The monoisotopic (exact) mass is 431 g/mol. The molecule has 32 heavy (non-hydrogen) atoms. The Hall–Kier alpha value is -4.01. The Morgan fingerprint density at radius 1 is 1.06 bits per heavy atom. The first-order valence-electron chi connectivity index (χ1n) is 10.5. The van der Waals surface area contributed by atoms with Gasteiger partial charge in [-0.3, -0.25) is 19.1 Å². The molecule has 1 aliphatic rings. The van der Waals surface area contributed by atoms with Crippen LogP contribution in [0, 0.1) is 0 Å². The van der Waals surface area contributed by atoms with Crippen LogP contribution in [0.2, 0.25) is 0 Å². The largest absolute Gasteiger partial charge is 0.420 e. The number of carbonyl (C=O) groups excluding carboxylic acids is 2. The van der Waals surface area contributed by atoms with E-state index in [4.69, 9.17) is 4.42 Å². The Kier molecular flexibility index (Phi) is 5.14. The maximum atomic E-state index is 12.7. The van der Waals surface area contributed by atoms with Crippen molar-refractivity contribution >= 4 is 39.5 Å². The zero-order valence-corrected chi connectivity index (χ0v) is 17.3. The zero-order valence-electron chi connectivity index (χ0n) is 17.3. The van der Waals surface area contributed by atoms with Crippen molar-refractivity contribution in [2.75, 3.05) is 18.4 Å². The molecule has 9 heteroatoms. The molecule has 1 fully saturated rings. The van der Waals surface area contributed by atoms with Crippen LogP contribution in [-0.2, 0) is 11.3 Å². The lowest BCUT2D eigenvalue weighted by molar-refractivity contribution is -0.132. The molecule has 3 aromatic heterocycles. The van der Waals surface area contributed by atoms with E-state index in [0.29, 0.717) is 35.4 Å². The summed E-state index contributed by atoms with van der Waals surface area (Å²) in [6.45, 7) is 1.32. The van der Waals surface area contributed by atoms with E-state index in [0.717, 1.165) is 24.6 Å². The number of rotatable bonds is 4. The van der Waals surface area contributed by atoms with Gasteiger partial charge in [0.2, 0.25) is 5.91 Å². The van der Waals surface area contributed by atoms with E-state index in [2.05, 4.69) is 15.3 Å². The molecule has 0 unspecified atom stereocenters. The first kappa shape index (κ1) is 19.9. The number of hydrogen-bond donors (Lipinski definition) is 1. The first-order chi connectivity index (χ1) is 15.6. The highest BCUT2D eigenvalue weighted by atomic mass is 16.4. The molecule has 162 valence electrons. The quantitative estimate of drug-likeness (QED) is 0.532. The molecule has 1 N–H and O–H groups in total. The van der Waals surface area contributed by atoms with Crippen molar-refractivity contribution in [3.05, 3.63) is 65.0 Å². The third-order valence-electron chi connectivity index (χ3n) is 5.65. The number of carbonyl (C=O) groups is 2. The summed E-state index contributed by atoms with van der Waals surface area (Å²) in [5.41, 5.74) is 2.21. The summed E-state index contributed by atoms with van der Waals surface area (Å²) in [5.74, 6) is -1.10. The molecule has 4 heterocycles. The predicted octanol–water partition coefficient (Wildman–Crippen LogP) is 2.80. The number of oxazole rings is 1. The molecule has 0 bridgehead atoms. The number of fused-ring (bicyclic) bond motifs is 2. The fourth-order valence-corrected chi connectivity index (χ4v) is 3.96. The number of anilines is 1. The SMILES string of the molecule is O=C(Nc1ccc2oc(=O)n(CC(=O)N3CCCCC3)c2c1)c1ccc2cnccc2n1. The van der Waals surface area contributed by atoms with E-state index in [-0.39, 0.29) is 24.1 Å². The number of nitrogens with zero attached hydrogens (tertiary/aromatic N) is 4. The number of amides is 2. The van der Waals surface area contributed by atoms with Crippen LogP contribution in [-0.4, -0.2) is 44.3 Å². The van der Waals surface area contributed by atoms with Gasteiger partial charge in [-0.1, -0.05) is 0 Å². The summed E-state index contributed by atoms with van der Waals surface area (Å²) < 4.78 is 6.59. The fraction of sp³-hybridized carbons (Fsp3) is 0.261. The van der Waals surface area contributed by atoms with Crippen LogP contribution in [0.5, 0.6) is 0 Å². The lowest BCUT2D eigenvalue weighted by Crippen LogP contribution is -2.39. The van der Waals surface area contributed by atoms with E-state index < -0.39 is 5.76 Å². The smallest absolute Gasteiger partial charge is 0.408 e. The number of likely N-dealkylation sites (tertiary alicyclic amines) is 1. The minimum absolute atomic E-state index is 0.0938. The van der Waals surface area contributed by atoms with E-state index in [9.17, 15) is 14.4 Å². The summed E-state index contributed by atoms with van der Waals surface area (Å²) in [7, 11) is 0. The van der Waals surface area contributed by atoms with E-state index in [1.165, 1.54) is 4.57 Å². The van der Waals surface area contributed by atoms with Crippen LogP contribution in [0.1, 0.15) is 29.8 Å². The highest BCUT2D eigenvalue weighted by molar-refractivity contribution is 6.04. The number of piperidine rings is 1. The fourth-order valence-electron chi connectivity index (χ4n) is 3.96. The van der Waals surface area contributed by atoms with Crippen LogP contribution < -0.4 is 11.1 Å². The van der Waals surface area contributed by atoms with Crippen LogP contribution in [0.4, 0.5) is 5.69 Å².